The molecule has 1 unspecified atom stereocenters. The van der Waals surface area contributed by atoms with E-state index in [0.717, 1.165) is 6.07 Å². The molecule has 3 nitrogen and oxygen atoms in total. The zero-order valence-corrected chi connectivity index (χ0v) is 12.8. The number of carbonyl (C=O) groups is 1. The minimum absolute atomic E-state index is 0.0735. The Kier molecular flexibility index (Phi) is 5.52. The van der Waals surface area contributed by atoms with Gasteiger partial charge in [0.2, 0.25) is 0 Å². The quantitative estimate of drug-likeness (QED) is 0.802. The Hall–Kier alpha value is -1.15. The summed E-state index contributed by atoms with van der Waals surface area (Å²) in [5.74, 6) is -0.836. The second-order valence-electron chi connectivity index (χ2n) is 4.21. The van der Waals surface area contributed by atoms with E-state index in [2.05, 4.69) is 21.2 Å². The molecule has 1 aromatic carbocycles. The lowest BCUT2D eigenvalue weighted by Gasteiger charge is -2.13. The van der Waals surface area contributed by atoms with Crippen molar-refractivity contribution in [1.29, 1.82) is 0 Å². The maximum Gasteiger partial charge on any atom is 0.417 e. The molecule has 0 aliphatic rings. The van der Waals surface area contributed by atoms with E-state index in [-0.39, 0.29) is 27.5 Å². The molecule has 0 fully saturated rings. The van der Waals surface area contributed by atoms with Gasteiger partial charge in [0.25, 0.3) is 5.91 Å². The van der Waals surface area contributed by atoms with Crippen LogP contribution in [0.5, 0.6) is 0 Å². The summed E-state index contributed by atoms with van der Waals surface area (Å²) < 4.78 is 38.0. The van der Waals surface area contributed by atoms with Crippen LogP contribution in [-0.4, -0.2) is 17.4 Å². The van der Waals surface area contributed by atoms with Crippen LogP contribution in [0.3, 0.4) is 0 Å². The third-order valence-corrected chi connectivity index (χ3v) is 3.68. The summed E-state index contributed by atoms with van der Waals surface area (Å²) >= 11 is 7.56. The highest BCUT2D eigenvalue weighted by atomic mass is 79.9. The predicted octanol–water partition coefficient (Wildman–Crippen LogP) is 3.12. The Balaban J connectivity index is 2.87. The van der Waals surface area contributed by atoms with Crippen LogP contribution in [0.25, 0.3) is 0 Å². The number of alkyl halides is 3. The molecule has 0 aliphatic heterocycles. The molecule has 1 rings (SSSR count). The standard InChI is InChI=1S/C12H12BrF3N2OS/c1-6(10(17)20)5-18-11(19)7-2-3-9(13)8(4-7)12(14,15)16/h2-4,6H,5H2,1H3,(H2,17,20)(H,18,19). The van der Waals surface area contributed by atoms with Gasteiger partial charge < -0.3 is 11.1 Å². The molecule has 1 amide bonds. The van der Waals surface area contributed by atoms with Crippen molar-refractivity contribution < 1.29 is 18.0 Å². The molecule has 8 heteroatoms. The number of nitrogens with one attached hydrogen (secondary N) is 1. The highest BCUT2D eigenvalue weighted by molar-refractivity contribution is 9.10. The highest BCUT2D eigenvalue weighted by Gasteiger charge is 2.33. The summed E-state index contributed by atoms with van der Waals surface area (Å²) in [4.78, 5) is 12.0. The zero-order chi connectivity index (χ0) is 15.5. The molecule has 0 aliphatic carbocycles. The lowest BCUT2D eigenvalue weighted by Crippen LogP contribution is -2.33. The van der Waals surface area contributed by atoms with E-state index in [4.69, 9.17) is 18.0 Å². The van der Waals surface area contributed by atoms with Crippen molar-refractivity contribution in [2.45, 2.75) is 13.1 Å². The summed E-state index contributed by atoms with van der Waals surface area (Å²) in [6, 6.07) is 3.29. The van der Waals surface area contributed by atoms with E-state index in [9.17, 15) is 18.0 Å². The van der Waals surface area contributed by atoms with Crippen molar-refractivity contribution >= 4 is 39.0 Å². The third kappa shape index (κ3) is 4.45. The summed E-state index contributed by atoms with van der Waals surface area (Å²) in [6.07, 6.45) is -4.53. The van der Waals surface area contributed by atoms with Gasteiger partial charge in [-0.3, -0.25) is 4.79 Å². The zero-order valence-electron chi connectivity index (χ0n) is 10.4. The van der Waals surface area contributed by atoms with E-state index in [1.54, 1.807) is 6.92 Å². The van der Waals surface area contributed by atoms with Gasteiger partial charge in [-0.15, -0.1) is 0 Å². The first-order valence-electron chi connectivity index (χ1n) is 5.57. The summed E-state index contributed by atoms with van der Waals surface area (Å²) in [7, 11) is 0. The Morgan fingerprint density at radius 3 is 2.60 bits per heavy atom. The normalized spacial score (nSPS) is 12.8. The number of benzene rings is 1. The van der Waals surface area contributed by atoms with Crippen molar-refractivity contribution in [1.82, 2.24) is 5.32 Å². The van der Waals surface area contributed by atoms with E-state index in [1.165, 1.54) is 12.1 Å². The number of nitrogens with two attached hydrogens (primary N) is 1. The molecule has 0 heterocycles. The molecular weight excluding hydrogens is 357 g/mol. The molecule has 1 aromatic rings. The first kappa shape index (κ1) is 16.9. The number of rotatable bonds is 4. The molecule has 0 radical (unpaired) electrons. The van der Waals surface area contributed by atoms with E-state index in [0.29, 0.717) is 0 Å². The number of hydrogen-bond acceptors (Lipinski definition) is 2. The lowest BCUT2D eigenvalue weighted by molar-refractivity contribution is -0.138. The highest BCUT2D eigenvalue weighted by Crippen LogP contribution is 2.35. The topological polar surface area (TPSA) is 55.1 Å². The Labute approximate surface area is 127 Å². The average Bonchev–Trinajstić information content (AvgIpc) is 2.34. The van der Waals surface area contributed by atoms with Gasteiger partial charge in [0, 0.05) is 22.5 Å². The summed E-state index contributed by atoms with van der Waals surface area (Å²) in [5, 5.41) is 2.49. The molecule has 0 saturated carbocycles. The van der Waals surface area contributed by atoms with Crippen molar-refractivity contribution in [3.05, 3.63) is 33.8 Å². The van der Waals surface area contributed by atoms with Gasteiger partial charge in [-0.1, -0.05) is 35.1 Å². The smallest absolute Gasteiger partial charge is 0.393 e. The molecule has 0 aromatic heterocycles. The number of thiocarbonyl (C=S) groups is 1. The molecule has 0 saturated heterocycles. The monoisotopic (exact) mass is 368 g/mol. The largest absolute Gasteiger partial charge is 0.417 e. The van der Waals surface area contributed by atoms with E-state index >= 15 is 0 Å². The molecular formula is C12H12BrF3N2OS. The van der Waals surface area contributed by atoms with Gasteiger partial charge in [0.05, 0.1) is 10.6 Å². The molecule has 0 spiro atoms. The van der Waals surface area contributed by atoms with E-state index in [1.807, 2.05) is 0 Å². The minimum atomic E-state index is -4.53. The predicted molar refractivity (Wildman–Crippen MR) is 77.4 cm³/mol. The third-order valence-electron chi connectivity index (χ3n) is 2.59. The van der Waals surface area contributed by atoms with Crippen molar-refractivity contribution in [3.8, 4) is 0 Å². The maximum atomic E-state index is 12.7. The fourth-order valence-corrected chi connectivity index (χ4v) is 1.89. The second kappa shape index (κ2) is 6.53. The van der Waals surface area contributed by atoms with Crippen LogP contribution in [0, 0.1) is 5.92 Å². The molecule has 1 atom stereocenters. The first-order valence-corrected chi connectivity index (χ1v) is 6.77. The van der Waals surface area contributed by atoms with Crippen molar-refractivity contribution in [2.24, 2.45) is 11.7 Å². The van der Waals surface area contributed by atoms with Crippen LogP contribution in [-0.2, 0) is 6.18 Å². The van der Waals surface area contributed by atoms with Crippen LogP contribution < -0.4 is 11.1 Å². The van der Waals surface area contributed by atoms with E-state index < -0.39 is 17.6 Å². The number of halogens is 4. The first-order chi connectivity index (χ1) is 9.12. The van der Waals surface area contributed by atoms with Crippen LogP contribution in [0.1, 0.15) is 22.8 Å². The van der Waals surface area contributed by atoms with Crippen LogP contribution in [0.15, 0.2) is 22.7 Å². The number of carbonyl (C=O) groups excluding carboxylic acids is 1. The lowest BCUT2D eigenvalue weighted by atomic mass is 10.1. The van der Waals surface area contributed by atoms with Crippen LogP contribution in [0.4, 0.5) is 13.2 Å². The SMILES string of the molecule is CC(CNC(=O)c1ccc(Br)c(C(F)(F)F)c1)C(N)=S. The number of hydrogen-bond donors (Lipinski definition) is 2. The Morgan fingerprint density at radius 1 is 1.50 bits per heavy atom. The van der Waals surface area contributed by atoms with Crippen LogP contribution >= 0.6 is 28.1 Å². The molecule has 20 heavy (non-hydrogen) atoms. The maximum absolute atomic E-state index is 12.7. The summed E-state index contributed by atoms with van der Waals surface area (Å²) in [5.41, 5.74) is 4.42. The molecule has 0 bridgehead atoms. The second-order valence-corrected chi connectivity index (χ2v) is 5.53. The van der Waals surface area contributed by atoms with Crippen LogP contribution in [0.2, 0.25) is 0 Å². The Morgan fingerprint density at radius 2 is 2.10 bits per heavy atom. The van der Waals surface area contributed by atoms with Crippen molar-refractivity contribution in [3.63, 3.8) is 0 Å². The number of amides is 1. The molecule has 110 valence electrons. The van der Waals surface area contributed by atoms with Gasteiger partial charge >= 0.3 is 6.18 Å². The van der Waals surface area contributed by atoms with Gasteiger partial charge in [-0.05, 0) is 18.2 Å². The van der Waals surface area contributed by atoms with Gasteiger partial charge in [0.15, 0.2) is 0 Å². The van der Waals surface area contributed by atoms with Crippen molar-refractivity contribution in [2.75, 3.05) is 6.54 Å². The van der Waals surface area contributed by atoms with Gasteiger partial charge in [-0.25, -0.2) is 0 Å². The van der Waals surface area contributed by atoms with Gasteiger partial charge in [-0.2, -0.15) is 13.2 Å². The minimum Gasteiger partial charge on any atom is -0.393 e. The van der Waals surface area contributed by atoms with Gasteiger partial charge in [0.1, 0.15) is 0 Å². The fraction of sp³-hybridized carbons (Fsp3) is 0.333. The average molecular weight is 369 g/mol. The Bertz CT molecular complexity index is 534. The fourth-order valence-electron chi connectivity index (χ4n) is 1.33. The summed E-state index contributed by atoms with van der Waals surface area (Å²) in [6.45, 7) is 1.89. The molecule has 3 N–H and O–H groups in total.